The summed E-state index contributed by atoms with van der Waals surface area (Å²) in [5.41, 5.74) is 7.78. The Morgan fingerprint density at radius 2 is 2.36 bits per heavy atom. The molecular weight excluding hydrogens is 176 g/mol. The summed E-state index contributed by atoms with van der Waals surface area (Å²) in [5, 5.41) is 14.3. The van der Waals surface area contributed by atoms with Gasteiger partial charge in [0.05, 0.1) is 5.56 Å². The van der Waals surface area contributed by atoms with Crippen LogP contribution >= 0.6 is 0 Å². The molecule has 0 amide bonds. The van der Waals surface area contributed by atoms with Crippen molar-refractivity contribution < 1.29 is 5.41 Å². The molecular formula is C10H11N4+. The number of hydrogen-bond donors (Lipinski definition) is 2. The molecule has 0 aromatic carbocycles. The minimum absolute atomic E-state index is 0.370. The lowest BCUT2D eigenvalue weighted by molar-refractivity contribution is -0.111. The van der Waals surface area contributed by atoms with E-state index in [0.29, 0.717) is 17.1 Å². The van der Waals surface area contributed by atoms with E-state index < -0.39 is 0 Å². The van der Waals surface area contributed by atoms with Crippen molar-refractivity contribution in [3.63, 3.8) is 0 Å². The van der Waals surface area contributed by atoms with Gasteiger partial charge in [-0.1, -0.05) is 0 Å². The number of rotatable bonds is 2. The molecule has 0 aliphatic rings. The lowest BCUT2D eigenvalue weighted by Crippen LogP contribution is -2.39. The highest BCUT2D eigenvalue weighted by Gasteiger charge is 2.04. The molecule has 0 saturated heterocycles. The summed E-state index contributed by atoms with van der Waals surface area (Å²) in [6, 6.07) is 5.28. The zero-order valence-corrected chi connectivity index (χ0v) is 7.86. The van der Waals surface area contributed by atoms with Crippen molar-refractivity contribution in [3.8, 4) is 6.07 Å². The fourth-order valence-corrected chi connectivity index (χ4v) is 0.959. The number of nitriles is 1. The fourth-order valence-electron chi connectivity index (χ4n) is 0.959. The first kappa shape index (κ1) is 9.93. The van der Waals surface area contributed by atoms with Crippen LogP contribution in [0.4, 0.5) is 0 Å². The highest BCUT2D eigenvalue weighted by atomic mass is 14.7. The number of nitrogens with zero attached hydrogens (tertiary/aromatic N) is 2. The molecule has 70 valence electrons. The predicted octanol–water partition coefficient (Wildman–Crippen LogP) is -0.636. The molecule has 0 saturated carbocycles. The third-order valence-electron chi connectivity index (χ3n) is 1.59. The van der Waals surface area contributed by atoms with Gasteiger partial charge in [0.25, 0.3) is 0 Å². The van der Waals surface area contributed by atoms with Crippen molar-refractivity contribution in [1.29, 1.82) is 5.26 Å². The van der Waals surface area contributed by atoms with Gasteiger partial charge < -0.3 is 5.73 Å². The van der Waals surface area contributed by atoms with E-state index in [9.17, 15) is 0 Å². The molecule has 1 aromatic rings. The highest BCUT2D eigenvalue weighted by molar-refractivity contribution is 6.04. The van der Waals surface area contributed by atoms with Crippen molar-refractivity contribution in [1.82, 2.24) is 4.98 Å². The van der Waals surface area contributed by atoms with E-state index in [0.717, 1.165) is 5.56 Å². The highest BCUT2D eigenvalue weighted by Crippen LogP contribution is 2.00. The van der Waals surface area contributed by atoms with E-state index >= 15 is 0 Å². The zero-order chi connectivity index (χ0) is 10.6. The first-order valence-corrected chi connectivity index (χ1v) is 4.06. The summed E-state index contributed by atoms with van der Waals surface area (Å²) >= 11 is 0. The quantitative estimate of drug-likeness (QED) is 0.604. The Bertz CT molecular complexity index is 405. The lowest BCUT2D eigenvalue weighted by atomic mass is 10.1. The van der Waals surface area contributed by atoms with E-state index in [4.69, 9.17) is 16.4 Å². The number of hydrogen-bond acceptors (Lipinski definition) is 3. The van der Waals surface area contributed by atoms with Crippen molar-refractivity contribution in [3.05, 3.63) is 41.4 Å². The first-order valence-electron chi connectivity index (χ1n) is 4.06. The second-order valence-corrected chi connectivity index (χ2v) is 2.89. The first-order chi connectivity index (χ1) is 6.63. The SMILES string of the molecule is CC(N)=CC(=[NH2+])c1ccc(C#N)nc1. The van der Waals surface area contributed by atoms with Gasteiger partial charge in [-0.05, 0) is 19.1 Å². The van der Waals surface area contributed by atoms with Crippen LogP contribution in [0.1, 0.15) is 18.2 Å². The molecule has 0 spiro atoms. The molecule has 4 N–H and O–H groups in total. The average Bonchev–Trinajstić information content (AvgIpc) is 2.17. The van der Waals surface area contributed by atoms with Crippen LogP contribution in [0.5, 0.6) is 0 Å². The molecule has 4 heteroatoms. The molecule has 0 atom stereocenters. The van der Waals surface area contributed by atoms with Crippen LogP contribution in [0, 0.1) is 11.3 Å². The topological polar surface area (TPSA) is 88.3 Å². The lowest BCUT2D eigenvalue weighted by Gasteiger charge is -1.94. The second kappa shape index (κ2) is 4.19. The Balaban J connectivity index is 2.94. The van der Waals surface area contributed by atoms with E-state index in [1.165, 1.54) is 0 Å². The van der Waals surface area contributed by atoms with E-state index in [-0.39, 0.29) is 0 Å². The van der Waals surface area contributed by atoms with Gasteiger partial charge >= 0.3 is 0 Å². The van der Waals surface area contributed by atoms with Crippen LogP contribution < -0.4 is 11.1 Å². The smallest absolute Gasteiger partial charge is 0.207 e. The number of aromatic nitrogens is 1. The van der Waals surface area contributed by atoms with Crippen molar-refractivity contribution in [2.75, 3.05) is 0 Å². The van der Waals surface area contributed by atoms with Gasteiger partial charge in [0.1, 0.15) is 11.8 Å². The molecule has 1 rings (SSSR count). The molecule has 1 heterocycles. The average molecular weight is 187 g/mol. The third-order valence-corrected chi connectivity index (χ3v) is 1.59. The van der Waals surface area contributed by atoms with Gasteiger partial charge in [0.2, 0.25) is 5.71 Å². The molecule has 0 radical (unpaired) electrons. The van der Waals surface area contributed by atoms with Crippen LogP contribution in [0.3, 0.4) is 0 Å². The Morgan fingerprint density at radius 1 is 1.64 bits per heavy atom. The largest absolute Gasteiger partial charge is 0.402 e. The molecule has 0 fully saturated rings. The molecule has 1 aromatic heterocycles. The minimum Gasteiger partial charge on any atom is -0.402 e. The zero-order valence-electron chi connectivity index (χ0n) is 7.86. The monoisotopic (exact) mass is 187 g/mol. The van der Waals surface area contributed by atoms with Gasteiger partial charge in [-0.15, -0.1) is 0 Å². The van der Waals surface area contributed by atoms with Crippen LogP contribution in [-0.4, -0.2) is 10.7 Å². The number of allylic oxidation sites excluding steroid dienone is 2. The Labute approximate surface area is 82.2 Å². The number of nitrogens with two attached hydrogens (primary N) is 2. The van der Waals surface area contributed by atoms with Crippen LogP contribution in [-0.2, 0) is 0 Å². The predicted molar refractivity (Wildman–Crippen MR) is 52.9 cm³/mol. The third kappa shape index (κ3) is 2.42. The van der Waals surface area contributed by atoms with Crippen molar-refractivity contribution in [2.24, 2.45) is 5.73 Å². The standard InChI is InChI=1S/C10H10N4/c1-7(12)4-10(13)8-2-3-9(5-11)14-6-8/h2-4,6,13H,12H2,1H3/p+1. The Kier molecular flexibility index (Phi) is 2.97. The van der Waals surface area contributed by atoms with Gasteiger partial charge in [-0.3, -0.25) is 5.41 Å². The maximum atomic E-state index is 8.53. The summed E-state index contributed by atoms with van der Waals surface area (Å²) in [4.78, 5) is 3.89. The summed E-state index contributed by atoms with van der Waals surface area (Å²) in [6.07, 6.45) is 3.20. The maximum absolute atomic E-state index is 8.53. The van der Waals surface area contributed by atoms with E-state index in [2.05, 4.69) is 4.98 Å². The molecule has 0 aliphatic carbocycles. The van der Waals surface area contributed by atoms with Crippen LogP contribution in [0.25, 0.3) is 0 Å². The van der Waals surface area contributed by atoms with E-state index in [1.807, 2.05) is 6.07 Å². The normalized spacial score (nSPS) is 10.7. The van der Waals surface area contributed by atoms with Crippen LogP contribution in [0.2, 0.25) is 0 Å². The molecule has 0 bridgehead atoms. The fraction of sp³-hybridized carbons (Fsp3) is 0.100. The van der Waals surface area contributed by atoms with Crippen molar-refractivity contribution >= 4 is 5.71 Å². The molecule has 0 unspecified atom stereocenters. The number of pyridine rings is 1. The van der Waals surface area contributed by atoms with E-state index in [1.54, 1.807) is 31.3 Å². The minimum atomic E-state index is 0.370. The maximum Gasteiger partial charge on any atom is 0.207 e. The molecule has 4 nitrogen and oxygen atoms in total. The molecule has 14 heavy (non-hydrogen) atoms. The van der Waals surface area contributed by atoms with Gasteiger partial charge in [-0.25, -0.2) is 4.98 Å². The summed E-state index contributed by atoms with van der Waals surface area (Å²) in [5.74, 6) is 0. The van der Waals surface area contributed by atoms with Gasteiger partial charge in [-0.2, -0.15) is 5.26 Å². The summed E-state index contributed by atoms with van der Waals surface area (Å²) < 4.78 is 0. The summed E-state index contributed by atoms with van der Waals surface area (Å²) in [7, 11) is 0. The van der Waals surface area contributed by atoms with Crippen LogP contribution in [0.15, 0.2) is 30.1 Å². The van der Waals surface area contributed by atoms with Crippen molar-refractivity contribution in [2.45, 2.75) is 6.92 Å². The Morgan fingerprint density at radius 3 is 2.79 bits per heavy atom. The van der Waals surface area contributed by atoms with Gasteiger partial charge in [0, 0.05) is 18.0 Å². The Hall–Kier alpha value is -2.15. The molecule has 0 aliphatic heterocycles. The summed E-state index contributed by atoms with van der Waals surface area (Å²) in [6.45, 7) is 1.75. The second-order valence-electron chi connectivity index (χ2n) is 2.89. The van der Waals surface area contributed by atoms with Gasteiger partial charge in [0.15, 0.2) is 0 Å².